The highest BCUT2D eigenvalue weighted by Crippen LogP contribution is 2.18. The third-order valence-electron chi connectivity index (χ3n) is 3.72. The fourth-order valence-electron chi connectivity index (χ4n) is 2.52. The summed E-state index contributed by atoms with van der Waals surface area (Å²) < 4.78 is 7.11. The van der Waals surface area contributed by atoms with Gasteiger partial charge in [-0.1, -0.05) is 41.6 Å². The predicted octanol–water partition coefficient (Wildman–Crippen LogP) is 2.41. The molecule has 0 fully saturated rings. The SMILES string of the molecule is CC(C)Oc1cccc(NC(=O)CO/N=C(/c2ccccc2)c2nnnn2C)c1. The summed E-state index contributed by atoms with van der Waals surface area (Å²) in [5, 5.41) is 18.3. The van der Waals surface area contributed by atoms with Gasteiger partial charge < -0.3 is 14.9 Å². The van der Waals surface area contributed by atoms with Crippen molar-refractivity contribution in [1.29, 1.82) is 0 Å². The van der Waals surface area contributed by atoms with Gasteiger partial charge in [-0.15, -0.1) is 5.10 Å². The fourth-order valence-corrected chi connectivity index (χ4v) is 2.52. The van der Waals surface area contributed by atoms with Crippen LogP contribution in [0.15, 0.2) is 59.8 Å². The third-order valence-corrected chi connectivity index (χ3v) is 3.72. The van der Waals surface area contributed by atoms with Crippen LogP contribution in [-0.4, -0.2) is 44.5 Å². The van der Waals surface area contributed by atoms with Crippen LogP contribution >= 0.6 is 0 Å². The lowest BCUT2D eigenvalue weighted by atomic mass is 10.1. The number of carbonyl (C=O) groups excluding carboxylic acids is 1. The Balaban J connectivity index is 1.66. The number of hydrogen-bond acceptors (Lipinski definition) is 7. The van der Waals surface area contributed by atoms with Gasteiger partial charge in [0.1, 0.15) is 5.75 Å². The zero-order valence-corrected chi connectivity index (χ0v) is 16.4. The van der Waals surface area contributed by atoms with E-state index in [2.05, 4.69) is 26.0 Å². The largest absolute Gasteiger partial charge is 0.491 e. The first-order chi connectivity index (χ1) is 14.0. The summed E-state index contributed by atoms with van der Waals surface area (Å²) in [7, 11) is 1.70. The molecule has 3 rings (SSSR count). The Hall–Kier alpha value is -3.75. The first kappa shape index (κ1) is 20.0. The molecule has 0 atom stereocenters. The minimum Gasteiger partial charge on any atom is -0.491 e. The number of hydrogen-bond donors (Lipinski definition) is 1. The highest BCUT2D eigenvalue weighted by molar-refractivity contribution is 6.10. The summed E-state index contributed by atoms with van der Waals surface area (Å²) in [5.74, 6) is 0.756. The van der Waals surface area contributed by atoms with Crippen LogP contribution in [0.25, 0.3) is 0 Å². The van der Waals surface area contributed by atoms with Crippen LogP contribution in [0.1, 0.15) is 25.2 Å². The van der Waals surface area contributed by atoms with Crippen molar-refractivity contribution in [2.24, 2.45) is 12.2 Å². The second-order valence-electron chi connectivity index (χ2n) is 6.45. The van der Waals surface area contributed by atoms with Crippen LogP contribution in [-0.2, 0) is 16.7 Å². The maximum absolute atomic E-state index is 12.2. The molecule has 0 aliphatic rings. The third kappa shape index (κ3) is 5.61. The van der Waals surface area contributed by atoms with Gasteiger partial charge in [-0.2, -0.15) is 0 Å². The lowest BCUT2D eigenvalue weighted by Gasteiger charge is -2.11. The van der Waals surface area contributed by atoms with E-state index in [0.29, 0.717) is 23.0 Å². The number of oxime groups is 1. The Kier molecular flexibility index (Phi) is 6.51. The quantitative estimate of drug-likeness (QED) is 0.465. The smallest absolute Gasteiger partial charge is 0.265 e. The van der Waals surface area contributed by atoms with Crippen molar-refractivity contribution < 1.29 is 14.4 Å². The summed E-state index contributed by atoms with van der Waals surface area (Å²) in [6, 6.07) is 16.5. The zero-order valence-electron chi connectivity index (χ0n) is 16.4. The molecule has 1 heterocycles. The first-order valence-corrected chi connectivity index (χ1v) is 9.07. The van der Waals surface area contributed by atoms with Gasteiger partial charge in [0.15, 0.2) is 12.3 Å². The number of nitrogens with zero attached hydrogens (tertiary/aromatic N) is 5. The normalized spacial score (nSPS) is 11.4. The van der Waals surface area contributed by atoms with Crippen molar-refractivity contribution >= 4 is 17.3 Å². The molecule has 29 heavy (non-hydrogen) atoms. The maximum Gasteiger partial charge on any atom is 0.265 e. The standard InChI is InChI=1S/C20H22N6O3/c1-14(2)29-17-11-7-10-16(12-17)21-18(27)13-28-23-19(15-8-5-4-6-9-15)20-22-24-25-26(20)3/h4-12,14H,13H2,1-3H3,(H,21,27)/b23-19-. The second-order valence-corrected chi connectivity index (χ2v) is 6.45. The molecule has 1 amide bonds. The van der Waals surface area contributed by atoms with E-state index in [1.807, 2.05) is 50.2 Å². The Morgan fingerprint density at radius 2 is 1.97 bits per heavy atom. The van der Waals surface area contributed by atoms with Gasteiger partial charge >= 0.3 is 0 Å². The van der Waals surface area contributed by atoms with Crippen molar-refractivity contribution in [2.75, 3.05) is 11.9 Å². The molecule has 0 aliphatic carbocycles. The predicted molar refractivity (Wildman–Crippen MR) is 108 cm³/mol. The van der Waals surface area contributed by atoms with E-state index in [0.717, 1.165) is 5.56 Å². The average Bonchev–Trinajstić information content (AvgIpc) is 3.11. The van der Waals surface area contributed by atoms with Crippen LogP contribution in [0.5, 0.6) is 5.75 Å². The molecule has 0 unspecified atom stereocenters. The molecule has 0 spiro atoms. The van der Waals surface area contributed by atoms with Gasteiger partial charge in [-0.3, -0.25) is 4.79 Å². The van der Waals surface area contributed by atoms with E-state index in [9.17, 15) is 4.79 Å². The van der Waals surface area contributed by atoms with Crippen LogP contribution < -0.4 is 10.1 Å². The van der Waals surface area contributed by atoms with Gasteiger partial charge in [0.2, 0.25) is 5.82 Å². The Morgan fingerprint density at radius 3 is 2.66 bits per heavy atom. The van der Waals surface area contributed by atoms with Gasteiger partial charge in [-0.05, 0) is 36.4 Å². The molecule has 3 aromatic rings. The number of nitrogens with one attached hydrogen (secondary N) is 1. The van der Waals surface area contributed by atoms with Crippen molar-refractivity contribution in [1.82, 2.24) is 20.2 Å². The van der Waals surface area contributed by atoms with Crippen LogP contribution in [0.3, 0.4) is 0 Å². The van der Waals surface area contributed by atoms with E-state index < -0.39 is 0 Å². The molecule has 1 aromatic heterocycles. The van der Waals surface area contributed by atoms with E-state index >= 15 is 0 Å². The Labute approximate surface area is 168 Å². The summed E-state index contributed by atoms with van der Waals surface area (Å²) >= 11 is 0. The minimum atomic E-state index is -0.348. The highest BCUT2D eigenvalue weighted by Gasteiger charge is 2.15. The lowest BCUT2D eigenvalue weighted by Crippen LogP contribution is -2.18. The number of aromatic nitrogens is 4. The number of ether oxygens (including phenoxy) is 1. The first-order valence-electron chi connectivity index (χ1n) is 9.07. The van der Waals surface area contributed by atoms with Crippen LogP contribution in [0.4, 0.5) is 5.69 Å². The number of anilines is 1. The molecule has 9 nitrogen and oxygen atoms in total. The summed E-state index contributed by atoms with van der Waals surface area (Å²) in [6.45, 7) is 3.61. The molecule has 0 radical (unpaired) electrons. The number of amides is 1. The highest BCUT2D eigenvalue weighted by atomic mass is 16.6. The molecule has 1 N–H and O–H groups in total. The average molecular weight is 394 g/mol. The topological polar surface area (TPSA) is 104 Å². The molecular formula is C20H22N6O3. The number of aryl methyl sites for hydroxylation is 1. The second kappa shape index (κ2) is 9.45. The van der Waals surface area contributed by atoms with E-state index in [-0.39, 0.29) is 18.6 Å². The van der Waals surface area contributed by atoms with Crippen LogP contribution in [0, 0.1) is 0 Å². The lowest BCUT2D eigenvalue weighted by molar-refractivity contribution is -0.120. The monoisotopic (exact) mass is 394 g/mol. The number of rotatable bonds is 8. The summed E-state index contributed by atoms with van der Waals surface area (Å²) in [5.41, 5.74) is 1.81. The van der Waals surface area contributed by atoms with E-state index in [1.165, 1.54) is 4.68 Å². The molecular weight excluding hydrogens is 372 g/mol. The maximum atomic E-state index is 12.2. The number of tetrazole rings is 1. The molecule has 0 aliphatic heterocycles. The Morgan fingerprint density at radius 1 is 1.17 bits per heavy atom. The summed E-state index contributed by atoms with van der Waals surface area (Å²) in [4.78, 5) is 17.5. The van der Waals surface area contributed by atoms with Gasteiger partial charge in [0.05, 0.1) is 6.10 Å². The van der Waals surface area contributed by atoms with Crippen molar-refractivity contribution in [3.8, 4) is 5.75 Å². The van der Waals surface area contributed by atoms with Gasteiger partial charge in [0.25, 0.3) is 5.91 Å². The number of benzene rings is 2. The molecule has 9 heteroatoms. The molecule has 0 saturated heterocycles. The van der Waals surface area contributed by atoms with Crippen molar-refractivity contribution in [3.05, 3.63) is 66.0 Å². The van der Waals surface area contributed by atoms with Crippen LogP contribution in [0.2, 0.25) is 0 Å². The molecule has 0 bridgehead atoms. The van der Waals surface area contributed by atoms with Gasteiger partial charge in [-0.25, -0.2) is 4.68 Å². The van der Waals surface area contributed by atoms with E-state index in [1.54, 1.807) is 25.2 Å². The number of carbonyl (C=O) groups is 1. The van der Waals surface area contributed by atoms with Crippen molar-refractivity contribution in [2.45, 2.75) is 20.0 Å². The minimum absolute atomic E-state index is 0.0464. The van der Waals surface area contributed by atoms with Crippen molar-refractivity contribution in [3.63, 3.8) is 0 Å². The van der Waals surface area contributed by atoms with Gasteiger partial charge in [0, 0.05) is 24.4 Å². The molecule has 150 valence electrons. The summed E-state index contributed by atoms with van der Waals surface area (Å²) in [6.07, 6.45) is 0.0464. The molecule has 0 saturated carbocycles. The fraction of sp³-hybridized carbons (Fsp3) is 0.250. The molecule has 2 aromatic carbocycles. The zero-order chi connectivity index (χ0) is 20.6. The van der Waals surface area contributed by atoms with E-state index in [4.69, 9.17) is 9.57 Å². The Bertz CT molecular complexity index is 985.